The van der Waals surface area contributed by atoms with Crippen molar-refractivity contribution in [2.45, 2.75) is 26.5 Å². The summed E-state index contributed by atoms with van der Waals surface area (Å²) in [5, 5.41) is 11.9. The van der Waals surface area contributed by atoms with Crippen molar-refractivity contribution in [3.05, 3.63) is 118 Å². The van der Waals surface area contributed by atoms with E-state index in [-0.39, 0.29) is 21.3 Å². The monoisotopic (exact) mass is 594 g/mol. The number of carbonyl (C=O) groups is 3. The molecule has 5 aromatic rings. The van der Waals surface area contributed by atoms with Crippen LogP contribution in [0.5, 0.6) is 5.75 Å². The molecule has 2 aromatic carbocycles. The Morgan fingerprint density at radius 2 is 1.67 bits per heavy atom. The van der Waals surface area contributed by atoms with E-state index in [2.05, 4.69) is 9.97 Å². The zero-order valence-electron chi connectivity index (χ0n) is 23.5. The predicted octanol–water partition coefficient (Wildman–Crippen LogP) is 5.40. The van der Waals surface area contributed by atoms with Gasteiger partial charge in [-0.15, -0.1) is 0 Å². The lowest BCUT2D eigenvalue weighted by Gasteiger charge is -2.23. The number of benzene rings is 2. The smallest absolute Gasteiger partial charge is 0.350 e. The second-order valence-corrected chi connectivity index (χ2v) is 10.9. The van der Waals surface area contributed by atoms with Crippen LogP contribution in [0.25, 0.3) is 11.4 Å². The normalized spacial score (nSPS) is 16.2. The summed E-state index contributed by atoms with van der Waals surface area (Å²) in [4.78, 5) is 50.1. The van der Waals surface area contributed by atoms with Gasteiger partial charge >= 0.3 is 11.9 Å². The van der Waals surface area contributed by atoms with Gasteiger partial charge < -0.3 is 14.6 Å². The molecular formula is C32H26N4O6S. The van der Waals surface area contributed by atoms with Crippen LogP contribution in [0.4, 0.5) is 5.13 Å². The van der Waals surface area contributed by atoms with Crippen LogP contribution in [0, 0.1) is 13.8 Å². The molecule has 1 saturated heterocycles. The molecule has 4 heterocycles. The summed E-state index contributed by atoms with van der Waals surface area (Å²) in [6.07, 6.45) is 1.72. The number of aryl methyl sites for hydroxylation is 2. The maximum atomic E-state index is 13.7. The number of amides is 1. The van der Waals surface area contributed by atoms with E-state index in [1.165, 1.54) is 12.0 Å². The molecule has 3 aromatic heterocycles. The number of ether oxygens (including phenoxy) is 2. The maximum absolute atomic E-state index is 13.7. The number of pyridine rings is 1. The van der Waals surface area contributed by atoms with Crippen molar-refractivity contribution in [2.75, 3.05) is 12.0 Å². The average Bonchev–Trinajstić information content (AvgIpc) is 3.66. The number of ketones is 1. The minimum absolute atomic E-state index is 0.121. The molecule has 10 nitrogen and oxygen atoms in total. The highest BCUT2D eigenvalue weighted by Gasteiger charge is 2.49. The topological polar surface area (TPSA) is 123 Å². The number of hydrogen-bond acceptors (Lipinski definition) is 9. The van der Waals surface area contributed by atoms with Gasteiger partial charge in [-0.1, -0.05) is 59.9 Å². The molecule has 11 heteroatoms. The molecule has 1 aliphatic rings. The van der Waals surface area contributed by atoms with Gasteiger partial charge in [-0.25, -0.2) is 14.8 Å². The van der Waals surface area contributed by atoms with Gasteiger partial charge in [0.15, 0.2) is 10.9 Å². The highest BCUT2D eigenvalue weighted by molar-refractivity contribution is 7.17. The zero-order chi connectivity index (χ0) is 30.2. The number of aromatic nitrogens is 3. The first-order chi connectivity index (χ1) is 20.8. The molecule has 0 bridgehead atoms. The van der Waals surface area contributed by atoms with Crippen molar-refractivity contribution in [2.24, 2.45) is 0 Å². The van der Waals surface area contributed by atoms with Crippen LogP contribution in [-0.4, -0.2) is 44.2 Å². The quantitative estimate of drug-likeness (QED) is 0.115. The van der Waals surface area contributed by atoms with Crippen molar-refractivity contribution >= 4 is 45.5 Å². The minimum Gasteiger partial charge on any atom is -0.505 e. The summed E-state index contributed by atoms with van der Waals surface area (Å²) in [6.45, 7) is 3.71. The Bertz CT molecular complexity index is 1910. The molecule has 0 aliphatic carbocycles. The second-order valence-electron chi connectivity index (χ2n) is 9.89. The minimum atomic E-state index is -1.05. The SMILES string of the molecule is COC(=O)c1sc(N2C(=O)C(=O)C(=C(O)c3c(C)nc4ccccn34)C2c2ccc(OCc3ccccc3)cc2)nc1C. The maximum Gasteiger partial charge on any atom is 0.350 e. The number of methoxy groups -OCH3 is 1. The molecule has 1 N–H and O–H groups in total. The summed E-state index contributed by atoms with van der Waals surface area (Å²) < 4.78 is 12.5. The van der Waals surface area contributed by atoms with Gasteiger partial charge in [0.25, 0.3) is 5.78 Å². The number of esters is 1. The van der Waals surface area contributed by atoms with E-state index in [4.69, 9.17) is 9.47 Å². The van der Waals surface area contributed by atoms with Gasteiger partial charge in [0.05, 0.1) is 30.1 Å². The van der Waals surface area contributed by atoms with E-state index in [0.29, 0.717) is 40.6 Å². The molecule has 43 heavy (non-hydrogen) atoms. The summed E-state index contributed by atoms with van der Waals surface area (Å²) in [6, 6.07) is 21.0. The van der Waals surface area contributed by atoms with Crippen LogP contribution in [-0.2, 0) is 20.9 Å². The van der Waals surface area contributed by atoms with Crippen molar-refractivity contribution < 1.29 is 29.0 Å². The number of aliphatic hydroxyl groups is 1. The van der Waals surface area contributed by atoms with Gasteiger partial charge in [0.1, 0.15) is 28.6 Å². The summed E-state index contributed by atoms with van der Waals surface area (Å²) in [7, 11) is 1.26. The molecule has 216 valence electrons. The number of hydrogen-bond donors (Lipinski definition) is 1. The third kappa shape index (κ3) is 4.93. The van der Waals surface area contributed by atoms with Crippen molar-refractivity contribution in [1.29, 1.82) is 0 Å². The largest absolute Gasteiger partial charge is 0.505 e. The van der Waals surface area contributed by atoms with Gasteiger partial charge in [-0.3, -0.25) is 18.9 Å². The van der Waals surface area contributed by atoms with E-state index >= 15 is 0 Å². The van der Waals surface area contributed by atoms with E-state index in [9.17, 15) is 19.5 Å². The molecule has 0 spiro atoms. The summed E-state index contributed by atoms with van der Waals surface area (Å²) >= 11 is 0.940. The molecular weight excluding hydrogens is 568 g/mol. The average molecular weight is 595 g/mol. The van der Waals surface area contributed by atoms with E-state index in [1.54, 1.807) is 60.8 Å². The lowest BCUT2D eigenvalue weighted by atomic mass is 9.96. The molecule has 1 atom stereocenters. The fraction of sp³-hybridized carbons (Fsp3) is 0.156. The Hall–Kier alpha value is -5.29. The molecule has 1 aliphatic heterocycles. The van der Waals surface area contributed by atoms with Crippen LogP contribution in [0.2, 0.25) is 0 Å². The Balaban J connectivity index is 1.47. The predicted molar refractivity (Wildman–Crippen MR) is 160 cm³/mol. The van der Waals surface area contributed by atoms with Gasteiger partial charge in [-0.05, 0) is 49.2 Å². The lowest BCUT2D eigenvalue weighted by Crippen LogP contribution is -2.29. The van der Waals surface area contributed by atoms with Crippen LogP contribution in [0.3, 0.4) is 0 Å². The van der Waals surface area contributed by atoms with Gasteiger partial charge in [0, 0.05) is 6.20 Å². The molecule has 1 unspecified atom stereocenters. The van der Waals surface area contributed by atoms with Crippen LogP contribution in [0.1, 0.15) is 43.9 Å². The Labute approximate surface area is 250 Å². The molecule has 0 saturated carbocycles. The molecule has 0 radical (unpaired) electrons. The van der Waals surface area contributed by atoms with Gasteiger partial charge in [0.2, 0.25) is 0 Å². The fourth-order valence-electron chi connectivity index (χ4n) is 5.13. The lowest BCUT2D eigenvalue weighted by molar-refractivity contribution is -0.132. The van der Waals surface area contributed by atoms with Crippen LogP contribution in [0.15, 0.2) is 84.6 Å². The van der Waals surface area contributed by atoms with Gasteiger partial charge in [-0.2, -0.15) is 0 Å². The number of fused-ring (bicyclic) bond motifs is 1. The highest BCUT2D eigenvalue weighted by atomic mass is 32.1. The number of nitrogens with zero attached hydrogens (tertiary/aromatic N) is 4. The summed E-state index contributed by atoms with van der Waals surface area (Å²) in [5.41, 5.74) is 3.13. The van der Waals surface area contributed by atoms with Crippen molar-refractivity contribution in [1.82, 2.24) is 14.4 Å². The van der Waals surface area contributed by atoms with E-state index < -0.39 is 23.7 Å². The Kier molecular flexibility index (Phi) is 7.24. The first-order valence-corrected chi connectivity index (χ1v) is 14.2. The van der Waals surface area contributed by atoms with Crippen molar-refractivity contribution in [3.63, 3.8) is 0 Å². The standard InChI is InChI=1S/C32H26N4O6S/c1-18-25(35-16-8-7-11-23(35)33-18)27(37)24-26(21-12-14-22(15-13-21)42-17-20-9-5-4-6-10-20)36(30(39)28(24)38)32-34-19(2)29(43-32)31(40)41-3/h4-16,26,37H,17H2,1-3H3. The Morgan fingerprint density at radius 3 is 2.40 bits per heavy atom. The first-order valence-electron chi connectivity index (χ1n) is 13.4. The highest BCUT2D eigenvalue weighted by Crippen LogP contribution is 2.44. The van der Waals surface area contributed by atoms with Crippen LogP contribution < -0.4 is 9.64 Å². The number of anilines is 1. The number of Topliss-reactive ketones (excluding diaryl/α,β-unsaturated/α-hetero) is 1. The number of thiazole rings is 1. The second kappa shape index (κ2) is 11.2. The number of imidazole rings is 1. The fourth-order valence-corrected chi connectivity index (χ4v) is 6.14. The van der Waals surface area contributed by atoms with E-state index in [0.717, 1.165) is 16.9 Å². The Morgan fingerprint density at radius 1 is 0.953 bits per heavy atom. The summed E-state index contributed by atoms with van der Waals surface area (Å²) in [5.74, 6) is -2.15. The third-order valence-corrected chi connectivity index (χ3v) is 8.32. The number of carbonyl (C=O) groups excluding carboxylic acids is 3. The molecule has 1 fully saturated rings. The van der Waals surface area contributed by atoms with Crippen molar-refractivity contribution in [3.8, 4) is 5.75 Å². The number of rotatable bonds is 7. The first kappa shape index (κ1) is 27.9. The third-order valence-electron chi connectivity index (χ3n) is 7.18. The molecule has 1 amide bonds. The molecule has 6 rings (SSSR count). The number of aliphatic hydroxyl groups excluding tert-OH is 1. The van der Waals surface area contributed by atoms with E-state index in [1.807, 2.05) is 36.4 Å². The zero-order valence-corrected chi connectivity index (χ0v) is 24.3. The van der Waals surface area contributed by atoms with Crippen LogP contribution >= 0.6 is 11.3 Å².